The van der Waals surface area contributed by atoms with E-state index >= 15 is 0 Å². The molecule has 4 rings (SSSR count). The van der Waals surface area contributed by atoms with Gasteiger partial charge in [-0.3, -0.25) is 19.2 Å². The Morgan fingerprint density at radius 1 is 0.529 bits per heavy atom. The Bertz CT molecular complexity index is 1230. The normalized spacial score (nSPS) is 36.8. The molecule has 288 valence electrons. The zero-order valence-electron chi connectivity index (χ0n) is 32.2. The first kappa shape index (κ1) is 41.0. The average molecular weight is 717 g/mol. The fraction of sp³-hybridized carbons (Fsp3) is 0.897. The summed E-state index contributed by atoms with van der Waals surface area (Å²) in [5.74, 6) is -0.123. The van der Waals surface area contributed by atoms with Crippen molar-refractivity contribution in [2.75, 3.05) is 7.11 Å². The summed E-state index contributed by atoms with van der Waals surface area (Å²) in [6.45, 7) is 11.9. The Morgan fingerprint density at radius 3 is 1.16 bits per heavy atom. The number of hydrogen-bond acceptors (Lipinski definition) is 12. The summed E-state index contributed by atoms with van der Waals surface area (Å²) in [4.78, 5) is 48.7. The first-order chi connectivity index (χ1) is 24.3. The van der Waals surface area contributed by atoms with Crippen LogP contribution >= 0.6 is 0 Å². The first-order valence-corrected chi connectivity index (χ1v) is 19.7. The molecule has 0 aromatic rings. The largest absolute Gasteiger partial charge is 0.462 e. The van der Waals surface area contributed by atoms with Crippen LogP contribution in [-0.4, -0.2) is 79.4 Å². The van der Waals surface area contributed by atoms with E-state index in [0.29, 0.717) is 24.4 Å². The van der Waals surface area contributed by atoms with Crippen molar-refractivity contribution in [1.82, 2.24) is 0 Å². The van der Waals surface area contributed by atoms with Gasteiger partial charge in [0.25, 0.3) is 0 Å². The summed E-state index contributed by atoms with van der Waals surface area (Å²) < 4.78 is 22.7. The molecule has 0 aromatic carbocycles. The fourth-order valence-corrected chi connectivity index (χ4v) is 8.43. The van der Waals surface area contributed by atoms with Crippen molar-refractivity contribution in [2.45, 2.75) is 186 Å². The van der Waals surface area contributed by atoms with E-state index in [0.717, 1.165) is 70.6 Å². The average Bonchev–Trinajstić information content (AvgIpc) is 3.04. The number of methoxy groups -OCH3 is 1. The lowest BCUT2D eigenvalue weighted by atomic mass is 9.84. The minimum atomic E-state index is -0.452. The summed E-state index contributed by atoms with van der Waals surface area (Å²) in [5, 5.41) is 18.9. The molecule has 0 saturated heterocycles. The number of azo groups is 2. The molecule has 13 unspecified atom stereocenters. The van der Waals surface area contributed by atoms with Gasteiger partial charge in [0.15, 0.2) is 0 Å². The number of carbonyl (C=O) groups excluding carboxylic acids is 4. The van der Waals surface area contributed by atoms with Gasteiger partial charge in [0.1, 0.15) is 30.5 Å². The lowest BCUT2D eigenvalue weighted by molar-refractivity contribution is -0.156. The Kier molecular flexibility index (Phi) is 16.0. The molecule has 0 aromatic heterocycles. The Labute approximate surface area is 305 Å². The van der Waals surface area contributed by atoms with Crippen molar-refractivity contribution in [3.8, 4) is 0 Å². The molecule has 0 spiro atoms. The second kappa shape index (κ2) is 19.9. The standard InChI is InChI=1S/C39H64N4O8/c1-23(16-37(45)49-30-9-13-34(25(3)19-30)41-40-33-12-8-29(48-7)18-24(33)2)17-38(46)50-31-10-14-35(26(4)20-31)42-43-36-15-11-32(21-27(36)5)51-39(47)22-28(6)44/h23-27,29-36H,8-22H2,1-7H3. The summed E-state index contributed by atoms with van der Waals surface area (Å²) >= 11 is 0. The van der Waals surface area contributed by atoms with Gasteiger partial charge in [-0.05, 0) is 114 Å². The molecule has 0 heterocycles. The molecule has 12 heteroatoms. The third kappa shape index (κ3) is 13.3. The summed E-state index contributed by atoms with van der Waals surface area (Å²) in [5.41, 5.74) is 0. The van der Waals surface area contributed by atoms with Crippen LogP contribution in [-0.2, 0) is 38.1 Å². The van der Waals surface area contributed by atoms with Crippen LogP contribution in [0.2, 0.25) is 0 Å². The van der Waals surface area contributed by atoms with Gasteiger partial charge < -0.3 is 18.9 Å². The predicted octanol–water partition coefficient (Wildman–Crippen LogP) is 7.79. The van der Waals surface area contributed by atoms with E-state index in [1.807, 2.05) is 6.92 Å². The maximum atomic E-state index is 12.8. The van der Waals surface area contributed by atoms with Crippen molar-refractivity contribution in [2.24, 2.45) is 50.0 Å². The van der Waals surface area contributed by atoms with E-state index in [2.05, 4.69) is 27.7 Å². The van der Waals surface area contributed by atoms with Gasteiger partial charge in [-0.2, -0.15) is 20.5 Å². The number of carbonyl (C=O) groups is 4. The third-order valence-electron chi connectivity index (χ3n) is 11.7. The molecule has 0 N–H and O–H groups in total. The number of rotatable bonds is 14. The Morgan fingerprint density at radius 2 is 0.843 bits per heavy atom. The Balaban J connectivity index is 1.10. The number of Topliss-reactive ketones (excluding diaryl/α,β-unsaturated/α-hetero) is 1. The summed E-state index contributed by atoms with van der Waals surface area (Å²) in [6.07, 6.45) is 10.1. The van der Waals surface area contributed by atoms with Crippen LogP contribution in [0.1, 0.15) is 138 Å². The smallest absolute Gasteiger partial charge is 0.313 e. The molecule has 12 nitrogen and oxygen atoms in total. The van der Waals surface area contributed by atoms with Crippen LogP contribution in [0.25, 0.3) is 0 Å². The second-order valence-electron chi connectivity index (χ2n) is 16.5. The SMILES string of the molecule is COC1CCC(N=NC2CCC(OC(=O)CC(C)CC(=O)OC3CCC(N=NC4CCC(OC(=O)CC(C)=O)CC4C)C(C)C3)CC2C)C(C)C1. The molecule has 4 aliphatic rings. The van der Waals surface area contributed by atoms with E-state index < -0.39 is 5.97 Å². The molecular formula is C39H64N4O8. The highest BCUT2D eigenvalue weighted by molar-refractivity contribution is 5.94. The maximum Gasteiger partial charge on any atom is 0.313 e. The van der Waals surface area contributed by atoms with Crippen LogP contribution in [0, 0.1) is 29.6 Å². The monoisotopic (exact) mass is 716 g/mol. The van der Waals surface area contributed by atoms with Crippen LogP contribution < -0.4 is 0 Å². The van der Waals surface area contributed by atoms with Crippen LogP contribution in [0.15, 0.2) is 20.5 Å². The number of esters is 3. The van der Waals surface area contributed by atoms with Gasteiger partial charge in [0, 0.05) is 20.0 Å². The number of nitrogens with zero attached hydrogens (tertiary/aromatic N) is 4. The first-order valence-electron chi connectivity index (χ1n) is 19.7. The van der Waals surface area contributed by atoms with Gasteiger partial charge in [0.05, 0.1) is 30.3 Å². The highest BCUT2D eigenvalue weighted by Crippen LogP contribution is 2.34. The van der Waals surface area contributed by atoms with Crippen LogP contribution in [0.5, 0.6) is 0 Å². The Hall–Kier alpha value is -2.76. The molecule has 0 bridgehead atoms. The van der Waals surface area contributed by atoms with Crippen molar-refractivity contribution < 1.29 is 38.1 Å². The van der Waals surface area contributed by atoms with E-state index in [1.54, 1.807) is 7.11 Å². The van der Waals surface area contributed by atoms with Gasteiger partial charge in [0.2, 0.25) is 0 Å². The molecular weight excluding hydrogens is 652 g/mol. The van der Waals surface area contributed by atoms with Gasteiger partial charge >= 0.3 is 17.9 Å². The van der Waals surface area contributed by atoms with Gasteiger partial charge in [-0.1, -0.05) is 34.6 Å². The van der Waals surface area contributed by atoms with E-state index in [1.165, 1.54) is 6.92 Å². The number of hydrogen-bond donors (Lipinski definition) is 0. The zero-order chi connectivity index (χ0) is 37.1. The van der Waals surface area contributed by atoms with E-state index in [9.17, 15) is 19.2 Å². The number of ketones is 1. The lowest BCUT2D eigenvalue weighted by Crippen LogP contribution is -2.34. The molecule has 0 amide bonds. The molecule has 4 aliphatic carbocycles. The zero-order valence-corrected chi connectivity index (χ0v) is 32.2. The minimum absolute atomic E-state index is 0.0811. The van der Waals surface area contributed by atoms with Gasteiger partial charge in [-0.15, -0.1) is 0 Å². The van der Waals surface area contributed by atoms with Crippen LogP contribution in [0.3, 0.4) is 0 Å². The maximum absolute atomic E-state index is 12.8. The van der Waals surface area contributed by atoms with Crippen molar-refractivity contribution in [1.29, 1.82) is 0 Å². The number of ether oxygens (including phenoxy) is 4. The van der Waals surface area contributed by atoms with E-state index in [4.69, 9.17) is 39.4 Å². The van der Waals surface area contributed by atoms with Crippen LogP contribution in [0.4, 0.5) is 0 Å². The topological polar surface area (TPSA) is 155 Å². The highest BCUT2D eigenvalue weighted by Gasteiger charge is 2.34. The molecule has 4 fully saturated rings. The fourth-order valence-electron chi connectivity index (χ4n) is 8.43. The third-order valence-corrected chi connectivity index (χ3v) is 11.7. The van der Waals surface area contributed by atoms with Crippen molar-refractivity contribution >= 4 is 23.7 Å². The second-order valence-corrected chi connectivity index (χ2v) is 16.5. The van der Waals surface area contributed by atoms with Crippen molar-refractivity contribution in [3.05, 3.63) is 0 Å². The molecule has 51 heavy (non-hydrogen) atoms. The van der Waals surface area contributed by atoms with E-state index in [-0.39, 0.29) is 97.2 Å². The predicted molar refractivity (Wildman–Crippen MR) is 191 cm³/mol. The highest BCUT2D eigenvalue weighted by atomic mass is 16.6. The molecule has 0 radical (unpaired) electrons. The quantitative estimate of drug-likeness (QED) is 0.0764. The summed E-state index contributed by atoms with van der Waals surface area (Å²) in [7, 11) is 1.78. The molecule has 0 aliphatic heterocycles. The lowest BCUT2D eigenvalue weighted by Gasteiger charge is -2.33. The minimum Gasteiger partial charge on any atom is -0.462 e. The summed E-state index contributed by atoms with van der Waals surface area (Å²) in [6, 6.07) is 0.586. The van der Waals surface area contributed by atoms with Gasteiger partial charge in [-0.25, -0.2) is 0 Å². The molecule has 13 atom stereocenters. The molecule has 4 saturated carbocycles. The van der Waals surface area contributed by atoms with Crippen molar-refractivity contribution in [3.63, 3.8) is 0 Å².